The zero-order chi connectivity index (χ0) is 17.8. The van der Waals surface area contributed by atoms with Gasteiger partial charge in [-0.05, 0) is 44.1 Å². The van der Waals surface area contributed by atoms with Crippen LogP contribution in [-0.4, -0.2) is 28.1 Å². The summed E-state index contributed by atoms with van der Waals surface area (Å²) >= 11 is 0. The van der Waals surface area contributed by atoms with E-state index in [1.807, 2.05) is 12.2 Å². The van der Waals surface area contributed by atoms with Gasteiger partial charge in [-0.25, -0.2) is 0 Å². The molecule has 134 valence electrons. The van der Waals surface area contributed by atoms with Gasteiger partial charge < -0.3 is 10.2 Å². The van der Waals surface area contributed by atoms with Crippen LogP contribution in [0.25, 0.3) is 0 Å². The van der Waals surface area contributed by atoms with Crippen molar-refractivity contribution < 1.29 is 19.8 Å². The molecule has 0 aromatic heterocycles. The van der Waals surface area contributed by atoms with Crippen LogP contribution in [0.1, 0.15) is 58.3 Å². The van der Waals surface area contributed by atoms with Crippen LogP contribution in [0.4, 0.5) is 0 Å². The number of carboxylic acids is 1. The summed E-state index contributed by atoms with van der Waals surface area (Å²) < 4.78 is 0. The van der Waals surface area contributed by atoms with Crippen molar-refractivity contribution in [3.8, 4) is 0 Å². The molecule has 0 aromatic rings. The predicted molar refractivity (Wildman–Crippen MR) is 95.7 cm³/mol. The van der Waals surface area contributed by atoms with Gasteiger partial charge in [0.2, 0.25) is 0 Å². The van der Waals surface area contributed by atoms with Crippen LogP contribution < -0.4 is 0 Å². The van der Waals surface area contributed by atoms with Crippen molar-refractivity contribution in [3.05, 3.63) is 36.5 Å². The van der Waals surface area contributed by atoms with Crippen molar-refractivity contribution in [2.24, 2.45) is 11.8 Å². The van der Waals surface area contributed by atoms with E-state index in [-0.39, 0.29) is 24.0 Å². The summed E-state index contributed by atoms with van der Waals surface area (Å²) in [5, 5.41) is 18.7. The highest BCUT2D eigenvalue weighted by Crippen LogP contribution is 2.28. The Labute approximate surface area is 145 Å². The lowest BCUT2D eigenvalue weighted by molar-refractivity contribution is -0.137. The maximum atomic E-state index is 11.9. The third kappa shape index (κ3) is 8.25. The van der Waals surface area contributed by atoms with Crippen molar-refractivity contribution in [2.75, 3.05) is 0 Å². The van der Waals surface area contributed by atoms with Crippen LogP contribution in [0.5, 0.6) is 0 Å². The molecule has 1 rings (SSSR count). The molecule has 0 bridgehead atoms. The number of carbonyl (C=O) groups is 2. The Morgan fingerprint density at radius 3 is 2.79 bits per heavy atom. The average Bonchev–Trinajstić information content (AvgIpc) is 2.88. The molecule has 0 fully saturated rings. The minimum absolute atomic E-state index is 0.0360. The first-order valence-corrected chi connectivity index (χ1v) is 8.99. The van der Waals surface area contributed by atoms with Gasteiger partial charge in [0.15, 0.2) is 5.78 Å². The van der Waals surface area contributed by atoms with E-state index >= 15 is 0 Å². The molecule has 1 aliphatic carbocycles. The average molecular weight is 334 g/mol. The Bertz CT molecular complexity index is 476. The molecule has 24 heavy (non-hydrogen) atoms. The van der Waals surface area contributed by atoms with Crippen molar-refractivity contribution in [1.29, 1.82) is 0 Å². The number of rotatable bonds is 12. The highest BCUT2D eigenvalue weighted by atomic mass is 16.4. The number of hydrogen-bond acceptors (Lipinski definition) is 3. The number of unbranched alkanes of at least 4 members (excludes halogenated alkanes) is 3. The van der Waals surface area contributed by atoms with Crippen LogP contribution in [0, 0.1) is 11.8 Å². The van der Waals surface area contributed by atoms with Crippen LogP contribution in [-0.2, 0) is 9.59 Å². The van der Waals surface area contributed by atoms with Crippen molar-refractivity contribution in [3.63, 3.8) is 0 Å². The second kappa shape index (κ2) is 11.8. The molecule has 1 aliphatic rings. The van der Waals surface area contributed by atoms with Crippen LogP contribution >= 0.6 is 0 Å². The third-order valence-electron chi connectivity index (χ3n) is 4.28. The van der Waals surface area contributed by atoms with Crippen molar-refractivity contribution in [1.82, 2.24) is 0 Å². The number of aliphatic carboxylic acids is 1. The van der Waals surface area contributed by atoms with E-state index in [1.165, 1.54) is 19.3 Å². The van der Waals surface area contributed by atoms with Gasteiger partial charge in [0.1, 0.15) is 0 Å². The molecule has 3 atom stereocenters. The predicted octanol–water partition coefficient (Wildman–Crippen LogP) is 4.06. The van der Waals surface area contributed by atoms with Gasteiger partial charge in [-0.2, -0.15) is 0 Å². The summed E-state index contributed by atoms with van der Waals surface area (Å²) in [6.45, 7) is 2.17. The summed E-state index contributed by atoms with van der Waals surface area (Å²) in [5.41, 5.74) is 0. The van der Waals surface area contributed by atoms with E-state index in [0.717, 1.165) is 6.42 Å². The molecule has 4 nitrogen and oxygen atoms in total. The zero-order valence-corrected chi connectivity index (χ0v) is 14.6. The summed E-state index contributed by atoms with van der Waals surface area (Å²) in [4.78, 5) is 22.5. The molecule has 0 aliphatic heterocycles. The Kier molecular flexibility index (Phi) is 10.0. The largest absolute Gasteiger partial charge is 0.481 e. The number of carbonyl (C=O) groups excluding carboxylic acids is 1. The van der Waals surface area contributed by atoms with Crippen LogP contribution in [0.2, 0.25) is 0 Å². The normalized spacial score (nSPS) is 22.0. The second-order valence-corrected chi connectivity index (χ2v) is 6.39. The van der Waals surface area contributed by atoms with Gasteiger partial charge in [0.05, 0.1) is 6.10 Å². The fraction of sp³-hybridized carbons (Fsp3) is 0.600. The summed E-state index contributed by atoms with van der Waals surface area (Å²) in [6.07, 6.45) is 17.0. The molecule has 0 unspecified atom stereocenters. The second-order valence-electron chi connectivity index (χ2n) is 6.39. The van der Waals surface area contributed by atoms with E-state index < -0.39 is 12.1 Å². The standard InChI is InChI=1S/C20H30O4/c1-2-3-4-5-6-7-10-17(21)13-14-18-16(12-15-19(18)22)9-8-11-20(23)24/h6-7,12-18,21H,2-5,8-11H2,1H3,(H,23,24)/b7-6-,14-13+/t16-,17-,18+/m1/s1. The van der Waals surface area contributed by atoms with E-state index in [9.17, 15) is 14.7 Å². The van der Waals surface area contributed by atoms with E-state index in [1.54, 1.807) is 18.2 Å². The molecule has 0 spiro atoms. The van der Waals surface area contributed by atoms with Crippen LogP contribution in [0.15, 0.2) is 36.5 Å². The number of hydrogen-bond donors (Lipinski definition) is 2. The topological polar surface area (TPSA) is 74.6 Å². The minimum atomic E-state index is -0.809. The lowest BCUT2D eigenvalue weighted by atomic mass is 9.89. The smallest absolute Gasteiger partial charge is 0.303 e. The molecule has 0 saturated heterocycles. The fourth-order valence-electron chi connectivity index (χ4n) is 2.85. The monoisotopic (exact) mass is 334 g/mol. The molecule has 0 heterocycles. The summed E-state index contributed by atoms with van der Waals surface area (Å²) in [5.74, 6) is -0.989. The van der Waals surface area contributed by atoms with Gasteiger partial charge in [-0.3, -0.25) is 9.59 Å². The van der Waals surface area contributed by atoms with Crippen LogP contribution in [0.3, 0.4) is 0 Å². The number of aliphatic hydroxyl groups is 1. The van der Waals surface area contributed by atoms with E-state index in [4.69, 9.17) is 5.11 Å². The van der Waals surface area contributed by atoms with Gasteiger partial charge in [0, 0.05) is 12.3 Å². The van der Waals surface area contributed by atoms with Gasteiger partial charge in [-0.1, -0.05) is 50.1 Å². The highest BCUT2D eigenvalue weighted by molar-refractivity contribution is 5.95. The summed E-state index contributed by atoms with van der Waals surface area (Å²) in [7, 11) is 0. The Morgan fingerprint density at radius 1 is 1.29 bits per heavy atom. The SMILES string of the molecule is CCCCC/C=C\C[C@@H](O)/C=C/[C@@H]1C(=O)C=C[C@H]1CCCC(=O)O. The third-order valence-corrected chi connectivity index (χ3v) is 4.28. The van der Waals surface area contributed by atoms with Crippen molar-refractivity contribution >= 4 is 11.8 Å². The minimum Gasteiger partial charge on any atom is -0.481 e. The molecule has 0 aromatic carbocycles. The van der Waals surface area contributed by atoms with Gasteiger partial charge >= 0.3 is 5.97 Å². The molecular formula is C20H30O4. The van der Waals surface area contributed by atoms with Gasteiger partial charge in [0.25, 0.3) is 0 Å². The maximum absolute atomic E-state index is 11.9. The Hall–Kier alpha value is -1.68. The van der Waals surface area contributed by atoms with E-state index in [2.05, 4.69) is 13.0 Å². The highest BCUT2D eigenvalue weighted by Gasteiger charge is 2.27. The Balaban J connectivity index is 2.36. The number of allylic oxidation sites excluding steroid dienone is 4. The molecule has 4 heteroatoms. The lowest BCUT2D eigenvalue weighted by Crippen LogP contribution is -2.15. The lowest BCUT2D eigenvalue weighted by Gasteiger charge is -2.14. The van der Waals surface area contributed by atoms with E-state index in [0.29, 0.717) is 19.3 Å². The quantitative estimate of drug-likeness (QED) is 0.417. The first kappa shape index (κ1) is 20.4. The van der Waals surface area contributed by atoms with Gasteiger partial charge in [-0.15, -0.1) is 0 Å². The first-order valence-electron chi connectivity index (χ1n) is 8.99. The molecular weight excluding hydrogens is 304 g/mol. The maximum Gasteiger partial charge on any atom is 0.303 e. The Morgan fingerprint density at radius 2 is 2.08 bits per heavy atom. The number of aliphatic hydroxyl groups excluding tert-OH is 1. The number of carboxylic acid groups (broad SMARTS) is 1. The van der Waals surface area contributed by atoms with Crippen molar-refractivity contribution in [2.45, 2.75) is 64.4 Å². The molecule has 0 saturated carbocycles. The number of ketones is 1. The fourth-order valence-corrected chi connectivity index (χ4v) is 2.85. The molecule has 0 radical (unpaired) electrons. The molecule has 2 N–H and O–H groups in total. The summed E-state index contributed by atoms with van der Waals surface area (Å²) in [6, 6.07) is 0. The zero-order valence-electron chi connectivity index (χ0n) is 14.6. The molecule has 0 amide bonds. The first-order chi connectivity index (χ1) is 11.5.